The van der Waals surface area contributed by atoms with Gasteiger partial charge in [-0.2, -0.15) is 0 Å². The molecule has 28 heavy (non-hydrogen) atoms. The lowest BCUT2D eigenvalue weighted by molar-refractivity contribution is -0.383. The Labute approximate surface area is 166 Å². The van der Waals surface area contributed by atoms with Crippen molar-refractivity contribution < 1.29 is 14.5 Å². The maximum absolute atomic E-state index is 12.8. The predicted octanol–water partition coefficient (Wildman–Crippen LogP) is 5.54. The lowest BCUT2D eigenvalue weighted by Gasteiger charge is -2.11. The average molecular weight is 397 g/mol. The minimum Gasteiger partial charge on any atom is -0.497 e. The van der Waals surface area contributed by atoms with E-state index in [-0.39, 0.29) is 22.2 Å². The van der Waals surface area contributed by atoms with Crippen LogP contribution in [0.1, 0.15) is 21.5 Å². The zero-order valence-electron chi connectivity index (χ0n) is 15.2. The third-order valence-corrected chi connectivity index (χ3v) is 4.60. The SMILES string of the molecule is COc1ccc([N+](=O)[O-])c(Nc2ccc(C(=O)c3ccccc3C)c(Cl)c2)c1. The Morgan fingerprint density at radius 3 is 2.46 bits per heavy atom. The summed E-state index contributed by atoms with van der Waals surface area (Å²) in [6.07, 6.45) is 0. The largest absolute Gasteiger partial charge is 0.497 e. The highest BCUT2D eigenvalue weighted by Gasteiger charge is 2.17. The summed E-state index contributed by atoms with van der Waals surface area (Å²) in [6, 6.07) is 16.5. The molecule has 0 bridgehead atoms. The van der Waals surface area contributed by atoms with Gasteiger partial charge in [-0.1, -0.05) is 35.9 Å². The highest BCUT2D eigenvalue weighted by Crippen LogP contribution is 2.33. The molecular weight excluding hydrogens is 380 g/mol. The first kappa shape index (κ1) is 19.4. The van der Waals surface area contributed by atoms with E-state index in [1.54, 1.807) is 30.3 Å². The van der Waals surface area contributed by atoms with Gasteiger partial charge in [0.25, 0.3) is 5.69 Å². The second kappa shape index (κ2) is 8.10. The minimum absolute atomic E-state index is 0.100. The van der Waals surface area contributed by atoms with E-state index in [2.05, 4.69) is 5.32 Å². The van der Waals surface area contributed by atoms with Crippen molar-refractivity contribution in [2.75, 3.05) is 12.4 Å². The first-order chi connectivity index (χ1) is 13.4. The number of nitro benzene ring substituents is 1. The molecule has 7 heteroatoms. The van der Waals surface area contributed by atoms with E-state index < -0.39 is 4.92 Å². The topological polar surface area (TPSA) is 81.5 Å². The zero-order valence-corrected chi connectivity index (χ0v) is 16.0. The van der Waals surface area contributed by atoms with Crippen molar-refractivity contribution in [3.05, 3.63) is 92.5 Å². The standard InChI is InChI=1S/C21H17ClN2O4/c1-13-5-3-4-6-16(13)21(25)17-9-7-14(11-18(17)22)23-19-12-15(28-2)8-10-20(19)24(26)27/h3-12,23H,1-2H3. The summed E-state index contributed by atoms with van der Waals surface area (Å²) >= 11 is 6.33. The van der Waals surface area contributed by atoms with Gasteiger partial charge in [0, 0.05) is 28.9 Å². The molecule has 0 spiro atoms. The van der Waals surface area contributed by atoms with Crippen molar-refractivity contribution in [2.45, 2.75) is 6.92 Å². The second-order valence-corrected chi connectivity index (χ2v) is 6.51. The number of benzene rings is 3. The van der Waals surface area contributed by atoms with Gasteiger partial charge in [0.1, 0.15) is 11.4 Å². The molecule has 3 aromatic rings. The summed E-state index contributed by atoms with van der Waals surface area (Å²) in [7, 11) is 1.48. The van der Waals surface area contributed by atoms with Crippen LogP contribution < -0.4 is 10.1 Å². The number of carbonyl (C=O) groups is 1. The van der Waals surface area contributed by atoms with Crippen LogP contribution in [-0.2, 0) is 0 Å². The molecule has 3 aromatic carbocycles. The molecule has 1 N–H and O–H groups in total. The minimum atomic E-state index is -0.487. The highest BCUT2D eigenvalue weighted by atomic mass is 35.5. The Kier molecular flexibility index (Phi) is 5.61. The van der Waals surface area contributed by atoms with Crippen molar-refractivity contribution in [3.8, 4) is 5.75 Å². The molecule has 3 rings (SSSR count). The van der Waals surface area contributed by atoms with Crippen LogP contribution in [0.2, 0.25) is 5.02 Å². The molecule has 0 aliphatic heterocycles. The van der Waals surface area contributed by atoms with Gasteiger partial charge in [-0.15, -0.1) is 0 Å². The van der Waals surface area contributed by atoms with Gasteiger partial charge in [-0.05, 0) is 36.8 Å². The van der Waals surface area contributed by atoms with Gasteiger partial charge in [0.15, 0.2) is 5.78 Å². The molecule has 0 unspecified atom stereocenters. The number of carbonyl (C=O) groups excluding carboxylic acids is 1. The zero-order chi connectivity index (χ0) is 20.3. The normalized spacial score (nSPS) is 10.4. The molecule has 0 aromatic heterocycles. The van der Waals surface area contributed by atoms with E-state index in [9.17, 15) is 14.9 Å². The van der Waals surface area contributed by atoms with Crippen LogP contribution in [0.3, 0.4) is 0 Å². The fraction of sp³-hybridized carbons (Fsp3) is 0.0952. The van der Waals surface area contributed by atoms with Gasteiger partial charge in [0.2, 0.25) is 0 Å². The number of hydrogen-bond acceptors (Lipinski definition) is 5. The maximum atomic E-state index is 12.8. The summed E-state index contributed by atoms with van der Waals surface area (Å²) in [5.41, 5.74) is 2.48. The fourth-order valence-electron chi connectivity index (χ4n) is 2.81. The number of aryl methyl sites for hydroxylation is 1. The van der Waals surface area contributed by atoms with Crippen molar-refractivity contribution in [3.63, 3.8) is 0 Å². The molecule has 0 saturated heterocycles. The third-order valence-electron chi connectivity index (χ3n) is 4.28. The Balaban J connectivity index is 1.93. The molecule has 0 saturated carbocycles. The molecule has 0 radical (unpaired) electrons. The summed E-state index contributed by atoms with van der Waals surface area (Å²) in [5.74, 6) is 0.299. The van der Waals surface area contributed by atoms with Crippen LogP contribution in [0.15, 0.2) is 60.7 Å². The van der Waals surface area contributed by atoms with Gasteiger partial charge in [0.05, 0.1) is 17.1 Å². The first-order valence-corrected chi connectivity index (χ1v) is 8.78. The summed E-state index contributed by atoms with van der Waals surface area (Å²) in [4.78, 5) is 23.6. The molecule has 0 aliphatic rings. The Morgan fingerprint density at radius 1 is 1.07 bits per heavy atom. The second-order valence-electron chi connectivity index (χ2n) is 6.10. The van der Waals surface area contributed by atoms with Crippen LogP contribution in [-0.4, -0.2) is 17.8 Å². The van der Waals surface area contributed by atoms with Gasteiger partial charge >= 0.3 is 0 Å². The molecular formula is C21H17ClN2O4. The number of rotatable bonds is 6. The Hall–Kier alpha value is -3.38. The number of nitrogens with one attached hydrogen (secondary N) is 1. The van der Waals surface area contributed by atoms with E-state index in [1.807, 2.05) is 19.1 Å². The van der Waals surface area contributed by atoms with Crippen molar-refractivity contribution in [1.82, 2.24) is 0 Å². The third kappa shape index (κ3) is 3.97. The van der Waals surface area contributed by atoms with E-state index in [0.717, 1.165) is 5.56 Å². The molecule has 0 aliphatic carbocycles. The number of anilines is 2. The summed E-state index contributed by atoms with van der Waals surface area (Å²) in [6.45, 7) is 1.86. The number of nitrogens with zero attached hydrogens (tertiary/aromatic N) is 1. The molecule has 0 heterocycles. The van der Waals surface area contributed by atoms with E-state index in [1.165, 1.54) is 25.3 Å². The number of ketones is 1. The number of ether oxygens (including phenoxy) is 1. The van der Waals surface area contributed by atoms with Gasteiger partial charge < -0.3 is 10.1 Å². The molecule has 0 atom stereocenters. The van der Waals surface area contributed by atoms with E-state index in [4.69, 9.17) is 16.3 Å². The monoisotopic (exact) mass is 396 g/mol. The number of hydrogen-bond donors (Lipinski definition) is 1. The van der Waals surface area contributed by atoms with Crippen LogP contribution in [0.25, 0.3) is 0 Å². The average Bonchev–Trinajstić information content (AvgIpc) is 2.67. The van der Waals surface area contributed by atoms with Crippen LogP contribution in [0.4, 0.5) is 17.1 Å². The van der Waals surface area contributed by atoms with Crippen molar-refractivity contribution in [1.29, 1.82) is 0 Å². The van der Waals surface area contributed by atoms with Crippen molar-refractivity contribution >= 4 is 34.4 Å². The smallest absolute Gasteiger partial charge is 0.292 e. The lowest BCUT2D eigenvalue weighted by Crippen LogP contribution is -2.05. The van der Waals surface area contributed by atoms with E-state index >= 15 is 0 Å². The quantitative estimate of drug-likeness (QED) is 0.336. The number of halogens is 1. The molecule has 6 nitrogen and oxygen atoms in total. The van der Waals surface area contributed by atoms with Crippen LogP contribution in [0.5, 0.6) is 5.75 Å². The summed E-state index contributed by atoms with van der Waals surface area (Å²) < 4.78 is 5.13. The first-order valence-electron chi connectivity index (χ1n) is 8.40. The van der Waals surface area contributed by atoms with Crippen LogP contribution in [0, 0.1) is 17.0 Å². The lowest BCUT2D eigenvalue weighted by atomic mass is 9.99. The molecule has 0 amide bonds. The summed E-state index contributed by atoms with van der Waals surface area (Å²) in [5, 5.41) is 14.5. The number of nitro groups is 1. The number of methoxy groups -OCH3 is 1. The predicted molar refractivity (Wildman–Crippen MR) is 109 cm³/mol. The Morgan fingerprint density at radius 2 is 1.82 bits per heavy atom. The molecule has 142 valence electrons. The fourth-order valence-corrected chi connectivity index (χ4v) is 3.07. The van der Waals surface area contributed by atoms with Crippen molar-refractivity contribution in [2.24, 2.45) is 0 Å². The molecule has 0 fully saturated rings. The van der Waals surface area contributed by atoms with E-state index in [0.29, 0.717) is 22.6 Å². The highest BCUT2D eigenvalue weighted by molar-refractivity contribution is 6.35. The van der Waals surface area contributed by atoms with Gasteiger partial charge in [-0.3, -0.25) is 14.9 Å². The van der Waals surface area contributed by atoms with Gasteiger partial charge in [-0.25, -0.2) is 0 Å². The Bertz CT molecular complexity index is 1070. The van der Waals surface area contributed by atoms with Crippen LogP contribution >= 0.6 is 11.6 Å². The maximum Gasteiger partial charge on any atom is 0.292 e.